The van der Waals surface area contributed by atoms with E-state index < -0.39 is 0 Å². The SMILES string of the molecule is CC(C)=CCCC1(C)C=CC=C1[O]. The van der Waals surface area contributed by atoms with Crippen molar-refractivity contribution >= 4 is 0 Å². The smallest absolute Gasteiger partial charge is 0.165 e. The number of hydrogen-bond donors (Lipinski definition) is 0. The summed E-state index contributed by atoms with van der Waals surface area (Å²) in [5.74, 6) is 0.245. The lowest BCUT2D eigenvalue weighted by molar-refractivity contribution is 0.207. The van der Waals surface area contributed by atoms with Gasteiger partial charge in [-0.05, 0) is 39.7 Å². The Labute approximate surface area is 80.5 Å². The molecule has 0 aliphatic heterocycles. The molecular weight excluding hydrogens is 160 g/mol. The Morgan fingerprint density at radius 1 is 1.54 bits per heavy atom. The lowest BCUT2D eigenvalue weighted by atomic mass is 9.85. The highest BCUT2D eigenvalue weighted by Crippen LogP contribution is 2.36. The Kier molecular flexibility index (Phi) is 2.97. The van der Waals surface area contributed by atoms with Gasteiger partial charge in [-0.3, -0.25) is 5.11 Å². The fourth-order valence-corrected chi connectivity index (χ4v) is 1.49. The molecule has 0 N–H and O–H groups in total. The minimum atomic E-state index is -0.230. The molecule has 0 aromatic carbocycles. The minimum Gasteiger partial charge on any atom is -0.294 e. The van der Waals surface area contributed by atoms with Crippen molar-refractivity contribution in [3.63, 3.8) is 0 Å². The molecular formula is C12H17O. The highest BCUT2D eigenvalue weighted by Gasteiger charge is 2.29. The first-order valence-electron chi connectivity index (χ1n) is 4.75. The van der Waals surface area contributed by atoms with Crippen LogP contribution < -0.4 is 0 Å². The van der Waals surface area contributed by atoms with E-state index in [1.807, 2.05) is 19.1 Å². The van der Waals surface area contributed by atoms with Gasteiger partial charge in [-0.2, -0.15) is 0 Å². The number of hydrogen-bond acceptors (Lipinski definition) is 0. The molecule has 1 aliphatic carbocycles. The molecule has 0 aromatic rings. The maximum absolute atomic E-state index is 11.4. The Hall–Kier alpha value is -0.980. The molecule has 0 spiro atoms. The Morgan fingerprint density at radius 2 is 2.23 bits per heavy atom. The molecule has 0 heterocycles. The zero-order valence-corrected chi connectivity index (χ0v) is 8.63. The molecule has 1 unspecified atom stereocenters. The number of allylic oxidation sites excluding steroid dienone is 5. The van der Waals surface area contributed by atoms with E-state index in [0.717, 1.165) is 12.8 Å². The molecule has 1 heteroatoms. The molecule has 1 aliphatic rings. The predicted molar refractivity (Wildman–Crippen MR) is 54.7 cm³/mol. The summed E-state index contributed by atoms with van der Waals surface area (Å²) in [6, 6.07) is 0. The van der Waals surface area contributed by atoms with E-state index >= 15 is 0 Å². The summed E-state index contributed by atoms with van der Waals surface area (Å²) in [5.41, 5.74) is 1.09. The van der Waals surface area contributed by atoms with Gasteiger partial charge in [0, 0.05) is 5.41 Å². The zero-order chi connectivity index (χ0) is 9.90. The standard InChI is InChI=1S/C12H17O/c1-10(2)6-4-8-12(3)9-5-7-11(12)13/h5-7,9H,4,8H2,1-3H3. The van der Waals surface area contributed by atoms with Crippen LogP contribution in [-0.4, -0.2) is 0 Å². The van der Waals surface area contributed by atoms with Crippen molar-refractivity contribution in [2.24, 2.45) is 5.41 Å². The average Bonchev–Trinajstić information content (AvgIpc) is 2.32. The maximum atomic E-state index is 11.4. The van der Waals surface area contributed by atoms with Crippen LogP contribution in [0.2, 0.25) is 0 Å². The molecule has 1 nitrogen and oxygen atoms in total. The molecule has 0 bridgehead atoms. The van der Waals surface area contributed by atoms with Crippen LogP contribution in [0.1, 0.15) is 33.6 Å². The first kappa shape index (κ1) is 10.1. The van der Waals surface area contributed by atoms with Gasteiger partial charge in [0.15, 0.2) is 5.76 Å². The van der Waals surface area contributed by atoms with Gasteiger partial charge >= 0.3 is 0 Å². The van der Waals surface area contributed by atoms with Crippen LogP contribution in [0.4, 0.5) is 0 Å². The highest BCUT2D eigenvalue weighted by molar-refractivity contribution is 5.28. The van der Waals surface area contributed by atoms with Crippen molar-refractivity contribution in [3.8, 4) is 0 Å². The van der Waals surface area contributed by atoms with Gasteiger partial charge in [-0.1, -0.05) is 23.8 Å². The molecule has 13 heavy (non-hydrogen) atoms. The van der Waals surface area contributed by atoms with Crippen LogP contribution in [0.3, 0.4) is 0 Å². The van der Waals surface area contributed by atoms with Crippen LogP contribution in [0.15, 0.2) is 35.6 Å². The Balaban J connectivity index is 2.50. The quantitative estimate of drug-likeness (QED) is 0.587. The van der Waals surface area contributed by atoms with Crippen LogP contribution in [0, 0.1) is 5.41 Å². The normalized spacial score (nSPS) is 25.9. The van der Waals surface area contributed by atoms with Gasteiger partial charge in [-0.25, -0.2) is 0 Å². The van der Waals surface area contributed by atoms with E-state index in [2.05, 4.69) is 19.9 Å². The van der Waals surface area contributed by atoms with Crippen molar-refractivity contribution < 1.29 is 5.11 Å². The van der Waals surface area contributed by atoms with Crippen LogP contribution >= 0.6 is 0 Å². The van der Waals surface area contributed by atoms with Gasteiger partial charge in [0.25, 0.3) is 0 Å². The fourth-order valence-electron chi connectivity index (χ4n) is 1.49. The van der Waals surface area contributed by atoms with Gasteiger partial charge in [0.1, 0.15) is 0 Å². The van der Waals surface area contributed by atoms with Gasteiger partial charge in [0.2, 0.25) is 0 Å². The van der Waals surface area contributed by atoms with Crippen molar-refractivity contribution in [2.45, 2.75) is 33.6 Å². The summed E-state index contributed by atoms with van der Waals surface area (Å²) in [6.07, 6.45) is 9.64. The van der Waals surface area contributed by atoms with E-state index in [1.165, 1.54) is 5.57 Å². The predicted octanol–water partition coefficient (Wildman–Crippen LogP) is 3.62. The second kappa shape index (κ2) is 3.82. The van der Waals surface area contributed by atoms with E-state index in [4.69, 9.17) is 0 Å². The molecule has 0 saturated carbocycles. The first-order chi connectivity index (χ1) is 6.04. The molecule has 0 amide bonds. The molecule has 0 fully saturated rings. The van der Waals surface area contributed by atoms with Crippen molar-refractivity contribution in [2.75, 3.05) is 0 Å². The van der Waals surface area contributed by atoms with E-state index in [0.29, 0.717) is 0 Å². The monoisotopic (exact) mass is 177 g/mol. The van der Waals surface area contributed by atoms with Crippen LogP contribution in [0.25, 0.3) is 0 Å². The molecule has 1 radical (unpaired) electrons. The molecule has 1 atom stereocenters. The summed E-state index contributed by atoms with van der Waals surface area (Å²) in [6.45, 7) is 6.18. The number of rotatable bonds is 3. The van der Waals surface area contributed by atoms with Gasteiger partial charge in [0.05, 0.1) is 0 Å². The third kappa shape index (κ3) is 2.48. The zero-order valence-electron chi connectivity index (χ0n) is 8.63. The van der Waals surface area contributed by atoms with Crippen LogP contribution in [0.5, 0.6) is 0 Å². The summed E-state index contributed by atoms with van der Waals surface area (Å²) < 4.78 is 0. The van der Waals surface area contributed by atoms with E-state index in [1.54, 1.807) is 6.08 Å². The highest BCUT2D eigenvalue weighted by atomic mass is 16.3. The van der Waals surface area contributed by atoms with Crippen molar-refractivity contribution in [3.05, 3.63) is 35.6 Å². The lowest BCUT2D eigenvalue weighted by Gasteiger charge is -2.19. The molecule has 0 saturated heterocycles. The third-order valence-electron chi connectivity index (χ3n) is 2.49. The van der Waals surface area contributed by atoms with Crippen LogP contribution in [-0.2, 0) is 5.11 Å². The summed E-state index contributed by atoms with van der Waals surface area (Å²) in [4.78, 5) is 0. The largest absolute Gasteiger partial charge is 0.294 e. The van der Waals surface area contributed by atoms with E-state index in [-0.39, 0.29) is 11.2 Å². The van der Waals surface area contributed by atoms with Gasteiger partial charge in [-0.15, -0.1) is 0 Å². The van der Waals surface area contributed by atoms with Crippen molar-refractivity contribution in [1.82, 2.24) is 0 Å². The maximum Gasteiger partial charge on any atom is 0.165 e. The second-order valence-electron chi connectivity index (χ2n) is 4.13. The lowest BCUT2D eigenvalue weighted by Crippen LogP contribution is -2.12. The van der Waals surface area contributed by atoms with Crippen molar-refractivity contribution in [1.29, 1.82) is 0 Å². The minimum absolute atomic E-state index is 0.230. The molecule has 71 valence electrons. The third-order valence-corrected chi connectivity index (χ3v) is 2.49. The topological polar surface area (TPSA) is 19.9 Å². The second-order valence-corrected chi connectivity index (χ2v) is 4.13. The fraction of sp³-hybridized carbons (Fsp3) is 0.500. The Bertz CT molecular complexity index is 267. The van der Waals surface area contributed by atoms with E-state index in [9.17, 15) is 5.11 Å². The Morgan fingerprint density at radius 3 is 2.69 bits per heavy atom. The average molecular weight is 177 g/mol. The summed E-state index contributed by atoms with van der Waals surface area (Å²) >= 11 is 0. The molecule has 1 rings (SSSR count). The molecule has 0 aromatic heterocycles. The first-order valence-corrected chi connectivity index (χ1v) is 4.75. The van der Waals surface area contributed by atoms with Gasteiger partial charge < -0.3 is 0 Å². The summed E-state index contributed by atoms with van der Waals surface area (Å²) in [5, 5.41) is 11.4. The summed E-state index contributed by atoms with van der Waals surface area (Å²) in [7, 11) is 0.